The van der Waals surface area contributed by atoms with Crippen LogP contribution in [0, 0.1) is 5.92 Å². The molecule has 0 radical (unpaired) electrons. The van der Waals surface area contributed by atoms with Gasteiger partial charge in [0.2, 0.25) is 5.78 Å². The van der Waals surface area contributed by atoms with Gasteiger partial charge >= 0.3 is 49.4 Å². The fraction of sp³-hybridized carbons (Fsp3) is 0.271. The zero-order chi connectivity index (χ0) is 57.6. The van der Waals surface area contributed by atoms with Gasteiger partial charge in [-0.2, -0.15) is 132 Å². The monoisotopic (exact) mass is 1120 g/mol. The van der Waals surface area contributed by atoms with E-state index >= 15 is 0 Å². The van der Waals surface area contributed by atoms with Gasteiger partial charge in [0.15, 0.2) is 12.7 Å². The van der Waals surface area contributed by atoms with E-state index in [1.165, 1.54) is 5.56 Å². The number of carbonyl (C=O) groups is 1. The molecule has 0 bridgehead atoms. The number of aromatic nitrogens is 2. The van der Waals surface area contributed by atoms with Crippen molar-refractivity contribution >= 4 is 33.8 Å². The number of Topliss-reactive ketones (excluding diaryl/α,β-unsaturated/α-hetero) is 1. The van der Waals surface area contributed by atoms with Crippen molar-refractivity contribution in [2.45, 2.75) is 76.2 Å². The molecule has 0 aliphatic heterocycles. The summed E-state index contributed by atoms with van der Waals surface area (Å²) in [4.78, 5) is 16.3. The summed E-state index contributed by atoms with van der Waals surface area (Å²) in [5.41, 5.74) is -28.3. The average molecular weight is 1120 g/mol. The van der Waals surface area contributed by atoms with Crippen molar-refractivity contribution in [3.05, 3.63) is 177 Å². The van der Waals surface area contributed by atoms with Crippen LogP contribution in [0.5, 0.6) is 0 Å². The number of rotatable bonds is 9. The minimum atomic E-state index is -6.13. The Hall–Kier alpha value is -6.77. The number of nitrogens with zero attached hydrogens (tertiary/aromatic N) is 2. The first kappa shape index (κ1) is 60.1. The van der Waals surface area contributed by atoms with Crippen LogP contribution in [0.3, 0.4) is 0 Å². The van der Waals surface area contributed by atoms with Gasteiger partial charge in [0, 0.05) is 12.0 Å². The number of hydrogen-bond acceptors (Lipinski definition) is 2. The zero-order valence-corrected chi connectivity index (χ0v) is 38.0. The lowest BCUT2D eigenvalue weighted by Gasteiger charge is -2.46. The third-order valence-electron chi connectivity index (χ3n) is 11.4. The van der Waals surface area contributed by atoms with Crippen molar-refractivity contribution < 1.29 is 115 Å². The molecule has 0 spiro atoms. The van der Waals surface area contributed by atoms with E-state index in [0.717, 1.165) is 0 Å². The van der Waals surface area contributed by atoms with Crippen LogP contribution in [0.4, 0.5) is 105 Å². The van der Waals surface area contributed by atoms with E-state index in [-0.39, 0.29) is 5.78 Å². The SMILES string of the molecule is CC(C)CC(=O)c1cncc[n+]1Cc1ccccc1.FC(F)(F)c1cc([B-](c2cc(C(F)(F)F)cc(C(F)(F)F)c2)(c2cc(C(F)(F)F)cc(C(F)(F)F)c2)c2cc(C(F)(F)F)cc(C(F)(F)F)c2)cc(C(F)(F)F)c1. The minimum Gasteiger partial charge on any atom is -0.287 e. The van der Waals surface area contributed by atoms with Crippen LogP contribution in [0.25, 0.3) is 0 Å². The number of benzene rings is 5. The molecule has 5 aromatic carbocycles. The second-order valence-electron chi connectivity index (χ2n) is 17.3. The molecule has 1 aromatic heterocycles. The van der Waals surface area contributed by atoms with Gasteiger partial charge < -0.3 is 0 Å². The van der Waals surface area contributed by atoms with Gasteiger partial charge in [-0.25, -0.2) is 0 Å². The maximum absolute atomic E-state index is 14.2. The molecule has 0 unspecified atom stereocenters. The number of halogens is 24. The Morgan fingerprint density at radius 1 is 0.434 bits per heavy atom. The Morgan fingerprint density at radius 3 is 0.934 bits per heavy atom. The van der Waals surface area contributed by atoms with E-state index in [4.69, 9.17) is 0 Å². The van der Waals surface area contributed by atoms with Gasteiger partial charge in [-0.1, -0.05) is 92.7 Å². The van der Waals surface area contributed by atoms with Crippen LogP contribution in [0.15, 0.2) is 122 Å². The van der Waals surface area contributed by atoms with Crippen LogP contribution < -0.4 is 26.4 Å². The molecule has 0 saturated carbocycles. The third kappa shape index (κ3) is 14.2. The van der Waals surface area contributed by atoms with Gasteiger partial charge in [0.1, 0.15) is 12.3 Å². The predicted molar refractivity (Wildman–Crippen MR) is 224 cm³/mol. The highest BCUT2D eigenvalue weighted by molar-refractivity contribution is 7.20. The van der Waals surface area contributed by atoms with E-state index in [1.807, 2.05) is 29.0 Å². The van der Waals surface area contributed by atoms with E-state index in [9.17, 15) is 110 Å². The van der Waals surface area contributed by atoms with Gasteiger partial charge in [0.25, 0.3) is 5.69 Å². The standard InChI is InChI=1S/C32H12BF24.C16H19N2O/c34-25(35,36)13-1-14(26(37,38)39)6-21(5-13)33(22-7-15(27(40,41)42)2-16(8-22)28(43,44)45,23-9-17(29(46,47)48)3-18(10-23)30(49,50)51)24-11-19(31(52,53)54)4-20(12-24)32(55,56)57;1-13(2)10-16(19)15-11-17-8-9-18(15)12-14-6-4-3-5-7-14/h1-12H;3-9,11,13H,10,12H2,1-2H3/q-1;+1. The Kier molecular flexibility index (Phi) is 16.6. The summed E-state index contributed by atoms with van der Waals surface area (Å²) < 4.78 is 343. The van der Waals surface area contributed by atoms with E-state index in [2.05, 4.69) is 31.0 Å². The van der Waals surface area contributed by atoms with Crippen molar-refractivity contribution in [3.8, 4) is 0 Å². The highest BCUT2D eigenvalue weighted by atomic mass is 19.4. The first-order valence-corrected chi connectivity index (χ1v) is 21.2. The minimum absolute atomic E-state index is 0.152. The Balaban J connectivity index is 0.000000468. The molecule has 0 aliphatic carbocycles. The summed E-state index contributed by atoms with van der Waals surface area (Å²) >= 11 is 0. The second kappa shape index (κ2) is 21.0. The van der Waals surface area contributed by atoms with E-state index < -0.39 is 195 Å². The molecule has 28 heteroatoms. The molecule has 3 nitrogen and oxygen atoms in total. The average Bonchev–Trinajstić information content (AvgIpc) is 3.27. The number of carbonyl (C=O) groups excluding carboxylic acids is 1. The third-order valence-corrected chi connectivity index (χ3v) is 11.4. The van der Waals surface area contributed by atoms with E-state index in [1.54, 1.807) is 12.4 Å². The maximum atomic E-state index is 14.2. The molecule has 0 atom stereocenters. The second-order valence-corrected chi connectivity index (χ2v) is 17.3. The molecule has 0 saturated heterocycles. The molecule has 1 heterocycles. The molecule has 6 rings (SSSR count). The molecule has 0 amide bonds. The van der Waals surface area contributed by atoms with Crippen LogP contribution in [-0.4, -0.2) is 16.9 Å². The largest absolute Gasteiger partial charge is 0.416 e. The molecule has 6 aromatic rings. The fourth-order valence-corrected chi connectivity index (χ4v) is 8.08. The van der Waals surface area contributed by atoms with Gasteiger partial charge in [-0.3, -0.25) is 9.78 Å². The molecule has 0 aliphatic rings. The number of alkyl halides is 24. The lowest BCUT2D eigenvalue weighted by Crippen LogP contribution is -2.75. The van der Waals surface area contributed by atoms with Crippen molar-refractivity contribution in [1.82, 2.24) is 4.98 Å². The lowest BCUT2D eigenvalue weighted by atomic mass is 9.12. The summed E-state index contributed by atoms with van der Waals surface area (Å²) in [5.74, 6) is 0.511. The zero-order valence-electron chi connectivity index (χ0n) is 38.0. The highest BCUT2D eigenvalue weighted by Crippen LogP contribution is 2.41. The maximum Gasteiger partial charge on any atom is 0.416 e. The van der Waals surface area contributed by atoms with E-state index in [0.29, 0.717) is 24.6 Å². The summed E-state index contributed by atoms with van der Waals surface area (Å²) in [6, 6.07) is 1.31. The normalized spacial score (nSPS) is 13.4. The van der Waals surface area contributed by atoms with Gasteiger partial charge in [0.05, 0.1) is 50.7 Å². The van der Waals surface area contributed by atoms with Gasteiger partial charge in [-0.05, 0) is 30.2 Å². The summed E-state index contributed by atoms with van der Waals surface area (Å²) in [6.07, 6.45) is -49.0. The summed E-state index contributed by atoms with van der Waals surface area (Å²) in [5, 5.41) is 0. The topological polar surface area (TPSA) is 33.8 Å². The highest BCUT2D eigenvalue weighted by Gasteiger charge is 2.47. The predicted octanol–water partition coefficient (Wildman–Crippen LogP) is 13.9. The lowest BCUT2D eigenvalue weighted by molar-refractivity contribution is -0.690. The van der Waals surface area contributed by atoms with Crippen LogP contribution in [-0.2, 0) is 56.0 Å². The number of ketones is 1. The quantitative estimate of drug-likeness (QED) is 0.0626. The molecule has 410 valence electrons. The molecule has 76 heavy (non-hydrogen) atoms. The molecule has 0 N–H and O–H groups in total. The first-order valence-electron chi connectivity index (χ1n) is 21.2. The first-order chi connectivity index (χ1) is 34.4. The summed E-state index contributed by atoms with van der Waals surface area (Å²) in [6.45, 7) is 4.80. The molecular weight excluding hydrogens is 1090 g/mol. The smallest absolute Gasteiger partial charge is 0.287 e. The Morgan fingerprint density at radius 2 is 0.697 bits per heavy atom. The fourth-order valence-electron chi connectivity index (χ4n) is 8.08. The Bertz CT molecular complexity index is 2600. The molecule has 0 fully saturated rings. The molecular formula is C48H31BF24N2O. The van der Waals surface area contributed by atoms with Crippen LogP contribution >= 0.6 is 0 Å². The van der Waals surface area contributed by atoms with Crippen LogP contribution in [0.2, 0.25) is 0 Å². The van der Waals surface area contributed by atoms with Crippen molar-refractivity contribution in [3.63, 3.8) is 0 Å². The summed E-state index contributed by atoms with van der Waals surface area (Å²) in [7, 11) is 0. The van der Waals surface area contributed by atoms with Crippen molar-refractivity contribution in [2.24, 2.45) is 5.92 Å². The Labute approximate surface area is 412 Å². The van der Waals surface area contributed by atoms with Gasteiger partial charge in [-0.15, -0.1) is 0 Å². The number of hydrogen-bond donors (Lipinski definition) is 0. The van der Waals surface area contributed by atoms with Crippen LogP contribution in [0.1, 0.15) is 80.8 Å². The van der Waals surface area contributed by atoms with Crippen molar-refractivity contribution in [2.75, 3.05) is 0 Å². The van der Waals surface area contributed by atoms with Crippen molar-refractivity contribution in [1.29, 1.82) is 0 Å².